The van der Waals surface area contributed by atoms with E-state index < -0.39 is 0 Å². The van der Waals surface area contributed by atoms with Gasteiger partial charge in [-0.3, -0.25) is 0 Å². The normalized spacial score (nSPS) is 21.6. The molecule has 1 radical (unpaired) electrons. The van der Waals surface area contributed by atoms with Crippen LogP contribution in [0.3, 0.4) is 0 Å². The maximum absolute atomic E-state index is 3.34. The fraction of sp³-hybridized carbons (Fsp3) is 1.00. The number of rotatable bonds is 0. The van der Waals surface area contributed by atoms with Crippen molar-refractivity contribution in [2.75, 3.05) is 37.7 Å². The van der Waals surface area contributed by atoms with Gasteiger partial charge in [-0.15, -0.1) is 0 Å². The molecule has 1 rings (SSSR count). The minimum atomic E-state index is 0. The van der Waals surface area contributed by atoms with Crippen molar-refractivity contribution >= 4 is 11.8 Å². The van der Waals surface area contributed by atoms with Gasteiger partial charge in [-0.1, -0.05) is 0 Å². The Balaban J connectivity index is 0.000000810. The summed E-state index contributed by atoms with van der Waals surface area (Å²) in [5.74, 6) is 2.53. The van der Waals surface area contributed by atoms with Crippen LogP contribution in [-0.4, -0.2) is 37.7 Å². The van der Waals surface area contributed by atoms with E-state index in [1.54, 1.807) is 0 Å². The van der Waals surface area contributed by atoms with E-state index in [1.165, 1.54) is 24.6 Å². The van der Waals surface area contributed by atoms with Crippen LogP contribution in [0.25, 0.3) is 0 Å². The molecule has 1 aliphatic rings. The summed E-state index contributed by atoms with van der Waals surface area (Å²) in [5.41, 5.74) is 0. The molecule has 0 aromatic heterocycles. The van der Waals surface area contributed by atoms with E-state index >= 15 is 0 Å². The predicted octanol–water partition coefficient (Wildman–Crippen LogP) is -0.0901. The molecule has 4 heteroatoms. The minimum absolute atomic E-state index is 0. The van der Waals surface area contributed by atoms with Crippen LogP contribution in [0.15, 0.2) is 0 Å². The van der Waals surface area contributed by atoms with Crippen molar-refractivity contribution in [3.8, 4) is 0 Å². The molecular formula is C6H14CuN2S. The molecule has 0 aliphatic carbocycles. The number of hydrogen-bond acceptors (Lipinski definition) is 3. The predicted molar refractivity (Wildman–Crippen MR) is 43.1 cm³/mol. The Kier molecular flexibility index (Phi) is 8.51. The third kappa shape index (κ3) is 5.56. The monoisotopic (exact) mass is 209 g/mol. The summed E-state index contributed by atoms with van der Waals surface area (Å²) in [6.45, 7) is 4.60. The molecule has 2 nitrogen and oxygen atoms in total. The zero-order chi connectivity index (χ0) is 6.36. The van der Waals surface area contributed by atoms with Crippen LogP contribution < -0.4 is 10.6 Å². The van der Waals surface area contributed by atoms with E-state index in [-0.39, 0.29) is 17.1 Å². The van der Waals surface area contributed by atoms with Gasteiger partial charge >= 0.3 is 0 Å². The molecule has 0 amide bonds. The van der Waals surface area contributed by atoms with Gasteiger partial charge in [0.25, 0.3) is 0 Å². The molecule has 0 unspecified atom stereocenters. The Morgan fingerprint density at radius 1 is 0.800 bits per heavy atom. The third-order valence-electron chi connectivity index (χ3n) is 1.32. The van der Waals surface area contributed by atoms with Crippen molar-refractivity contribution < 1.29 is 17.1 Å². The second-order valence-electron chi connectivity index (χ2n) is 2.11. The third-order valence-corrected chi connectivity index (χ3v) is 2.31. The zero-order valence-corrected chi connectivity index (χ0v) is 7.71. The Hall–Kier alpha value is 0.789. The van der Waals surface area contributed by atoms with Crippen molar-refractivity contribution in [1.29, 1.82) is 0 Å². The maximum atomic E-state index is 3.34. The van der Waals surface area contributed by atoms with Gasteiger partial charge < -0.3 is 10.6 Å². The van der Waals surface area contributed by atoms with Gasteiger partial charge in [0.1, 0.15) is 0 Å². The molecule has 10 heavy (non-hydrogen) atoms. The summed E-state index contributed by atoms with van der Waals surface area (Å²) < 4.78 is 0. The second-order valence-corrected chi connectivity index (χ2v) is 3.34. The SMILES string of the molecule is C1CNCCSCCN1.[Cu]. The molecule has 0 aromatic carbocycles. The van der Waals surface area contributed by atoms with E-state index in [2.05, 4.69) is 10.6 Å². The van der Waals surface area contributed by atoms with Gasteiger partial charge in [0.05, 0.1) is 0 Å². The van der Waals surface area contributed by atoms with E-state index in [0.717, 1.165) is 13.1 Å². The summed E-state index contributed by atoms with van der Waals surface area (Å²) in [4.78, 5) is 0. The zero-order valence-electron chi connectivity index (χ0n) is 5.95. The first-order chi connectivity index (χ1) is 4.50. The minimum Gasteiger partial charge on any atom is -0.315 e. The Bertz CT molecular complexity index is 44.2. The van der Waals surface area contributed by atoms with Gasteiger partial charge in [0.2, 0.25) is 0 Å². The van der Waals surface area contributed by atoms with Crippen LogP contribution >= 0.6 is 11.8 Å². The topological polar surface area (TPSA) is 24.1 Å². The van der Waals surface area contributed by atoms with Crippen LogP contribution in [0, 0.1) is 0 Å². The molecule has 0 aromatic rings. The molecule has 1 saturated heterocycles. The van der Waals surface area contributed by atoms with Gasteiger partial charge in [0.15, 0.2) is 0 Å². The standard InChI is InChI=1S/C6H14N2S.Cu/c1-2-8-4-6-9-5-3-7-1;/h7-8H,1-6H2;. The number of nitrogens with one attached hydrogen (secondary N) is 2. The molecular weight excluding hydrogens is 196 g/mol. The van der Waals surface area contributed by atoms with Crippen molar-refractivity contribution in [2.24, 2.45) is 0 Å². The molecule has 1 aliphatic heterocycles. The largest absolute Gasteiger partial charge is 0.315 e. The van der Waals surface area contributed by atoms with Crippen LogP contribution in [0.4, 0.5) is 0 Å². The number of hydrogen-bond donors (Lipinski definition) is 2. The van der Waals surface area contributed by atoms with Crippen LogP contribution in [0.1, 0.15) is 0 Å². The number of thioether (sulfide) groups is 1. The van der Waals surface area contributed by atoms with Crippen molar-refractivity contribution in [3.05, 3.63) is 0 Å². The Labute approximate surface area is 77.4 Å². The maximum Gasteiger partial charge on any atom is 0.00770 e. The first-order valence-electron chi connectivity index (χ1n) is 3.49. The van der Waals surface area contributed by atoms with Gasteiger partial charge in [-0.25, -0.2) is 0 Å². The molecule has 0 spiro atoms. The Morgan fingerprint density at radius 2 is 1.30 bits per heavy atom. The summed E-state index contributed by atoms with van der Waals surface area (Å²) in [5, 5.41) is 6.69. The first kappa shape index (κ1) is 10.8. The summed E-state index contributed by atoms with van der Waals surface area (Å²) in [6.07, 6.45) is 0. The molecule has 2 N–H and O–H groups in total. The van der Waals surface area contributed by atoms with E-state index in [4.69, 9.17) is 0 Å². The second kappa shape index (κ2) is 7.89. The fourth-order valence-corrected chi connectivity index (χ4v) is 1.60. The van der Waals surface area contributed by atoms with Crippen molar-refractivity contribution in [1.82, 2.24) is 10.6 Å². The van der Waals surface area contributed by atoms with E-state index in [9.17, 15) is 0 Å². The summed E-state index contributed by atoms with van der Waals surface area (Å²) in [7, 11) is 0. The summed E-state index contributed by atoms with van der Waals surface area (Å²) >= 11 is 2.02. The molecule has 1 heterocycles. The van der Waals surface area contributed by atoms with Crippen LogP contribution in [0.2, 0.25) is 0 Å². The van der Waals surface area contributed by atoms with Gasteiger partial charge in [-0.2, -0.15) is 11.8 Å². The van der Waals surface area contributed by atoms with Gasteiger partial charge in [0, 0.05) is 54.8 Å². The average molecular weight is 210 g/mol. The quantitative estimate of drug-likeness (QED) is 0.546. The molecule has 0 bridgehead atoms. The van der Waals surface area contributed by atoms with Crippen LogP contribution in [0.5, 0.6) is 0 Å². The van der Waals surface area contributed by atoms with Crippen molar-refractivity contribution in [3.63, 3.8) is 0 Å². The van der Waals surface area contributed by atoms with Gasteiger partial charge in [-0.05, 0) is 0 Å². The van der Waals surface area contributed by atoms with Crippen molar-refractivity contribution in [2.45, 2.75) is 0 Å². The molecule has 0 saturated carbocycles. The summed E-state index contributed by atoms with van der Waals surface area (Å²) in [6, 6.07) is 0. The van der Waals surface area contributed by atoms with E-state index in [0.29, 0.717) is 0 Å². The Morgan fingerprint density at radius 3 is 1.80 bits per heavy atom. The first-order valence-corrected chi connectivity index (χ1v) is 4.65. The van der Waals surface area contributed by atoms with E-state index in [1.807, 2.05) is 11.8 Å². The smallest absolute Gasteiger partial charge is 0.00770 e. The fourth-order valence-electron chi connectivity index (χ4n) is 0.818. The molecule has 65 valence electrons. The average Bonchev–Trinajstić information content (AvgIpc) is 2.00. The molecule has 1 fully saturated rings. The van der Waals surface area contributed by atoms with Crippen LogP contribution in [-0.2, 0) is 17.1 Å². The molecule has 0 atom stereocenters.